The van der Waals surface area contributed by atoms with E-state index in [0.29, 0.717) is 0 Å². The van der Waals surface area contributed by atoms with E-state index in [1.807, 2.05) is 13.0 Å². The third-order valence-electron chi connectivity index (χ3n) is 1.39. The zero-order chi connectivity index (χ0) is 8.85. The summed E-state index contributed by atoms with van der Waals surface area (Å²) in [6.45, 7) is 1.93. The van der Waals surface area contributed by atoms with E-state index in [1.54, 1.807) is 0 Å². The summed E-state index contributed by atoms with van der Waals surface area (Å²) in [4.78, 5) is -0.366. The van der Waals surface area contributed by atoms with Crippen LogP contribution in [0.3, 0.4) is 0 Å². The maximum absolute atomic E-state index is 8.63. The molecule has 0 saturated carbocycles. The van der Waals surface area contributed by atoms with Gasteiger partial charge in [0.1, 0.15) is 4.83 Å². The molecule has 0 saturated heterocycles. The van der Waals surface area contributed by atoms with Crippen molar-refractivity contribution in [2.24, 2.45) is 5.92 Å². The second kappa shape index (κ2) is 5.57. The first-order chi connectivity index (χ1) is 5.17. The molecular formula is C7H8Br2N2. The van der Waals surface area contributed by atoms with Crippen LogP contribution in [0.5, 0.6) is 0 Å². The zero-order valence-corrected chi connectivity index (χ0v) is 9.26. The van der Waals surface area contributed by atoms with Gasteiger partial charge in [0.05, 0.1) is 22.9 Å². The Morgan fingerprint density at radius 2 is 1.82 bits per heavy atom. The Hall–Kier alpha value is -0.0600. The predicted molar refractivity (Wildman–Crippen MR) is 50.4 cm³/mol. The molecule has 0 aromatic carbocycles. The quantitative estimate of drug-likeness (QED) is 0.746. The minimum atomic E-state index is -0.285. The van der Waals surface area contributed by atoms with Crippen molar-refractivity contribution in [1.82, 2.24) is 0 Å². The number of alkyl halides is 2. The molecule has 4 heteroatoms. The summed E-state index contributed by atoms with van der Waals surface area (Å²) in [7, 11) is 0. The van der Waals surface area contributed by atoms with Crippen molar-refractivity contribution in [3.05, 3.63) is 0 Å². The summed E-state index contributed by atoms with van der Waals surface area (Å²) in [5, 5.41) is 17.1. The van der Waals surface area contributed by atoms with Crippen LogP contribution in [-0.2, 0) is 0 Å². The fraction of sp³-hybridized carbons (Fsp3) is 0.714. The Morgan fingerprint density at radius 3 is 2.09 bits per heavy atom. The molecule has 0 fully saturated rings. The van der Waals surface area contributed by atoms with Gasteiger partial charge in [-0.3, -0.25) is 0 Å². The lowest BCUT2D eigenvalue weighted by Gasteiger charge is -2.13. The maximum Gasteiger partial charge on any atom is 0.115 e. The first-order valence-corrected chi connectivity index (χ1v) is 5.07. The first kappa shape index (κ1) is 10.9. The van der Waals surface area contributed by atoms with E-state index in [1.165, 1.54) is 0 Å². The SMILES string of the molecule is CCC(C#N)C(Br)C(Br)C#N. The third-order valence-corrected chi connectivity index (χ3v) is 4.04. The number of hydrogen-bond acceptors (Lipinski definition) is 2. The summed E-state index contributed by atoms with van der Waals surface area (Å²) in [6, 6.07) is 4.17. The molecule has 0 aliphatic carbocycles. The molecule has 0 spiro atoms. The highest BCUT2D eigenvalue weighted by molar-refractivity contribution is 9.12. The lowest BCUT2D eigenvalue weighted by Crippen LogP contribution is -2.21. The molecule has 0 rings (SSSR count). The first-order valence-electron chi connectivity index (χ1n) is 3.24. The van der Waals surface area contributed by atoms with E-state index in [0.717, 1.165) is 6.42 Å². The van der Waals surface area contributed by atoms with E-state index in [-0.39, 0.29) is 15.6 Å². The number of nitriles is 2. The molecule has 3 atom stereocenters. The van der Waals surface area contributed by atoms with Gasteiger partial charge in [-0.15, -0.1) is 0 Å². The number of rotatable bonds is 3. The Morgan fingerprint density at radius 1 is 1.27 bits per heavy atom. The van der Waals surface area contributed by atoms with E-state index >= 15 is 0 Å². The van der Waals surface area contributed by atoms with Crippen molar-refractivity contribution in [1.29, 1.82) is 10.5 Å². The van der Waals surface area contributed by atoms with Gasteiger partial charge in [-0.25, -0.2) is 0 Å². The van der Waals surface area contributed by atoms with Crippen LogP contribution in [0.1, 0.15) is 13.3 Å². The van der Waals surface area contributed by atoms with Gasteiger partial charge in [-0.2, -0.15) is 10.5 Å². The van der Waals surface area contributed by atoms with Crippen LogP contribution >= 0.6 is 31.9 Å². The lowest BCUT2D eigenvalue weighted by atomic mass is 10.0. The fourth-order valence-electron chi connectivity index (χ4n) is 0.663. The molecule has 0 aromatic heterocycles. The predicted octanol–water partition coefficient (Wildman–Crippen LogP) is 2.59. The molecule has 0 amide bonds. The van der Waals surface area contributed by atoms with Gasteiger partial charge in [-0.05, 0) is 6.42 Å². The average Bonchev–Trinajstić information content (AvgIpc) is 2.05. The highest BCUT2D eigenvalue weighted by atomic mass is 79.9. The van der Waals surface area contributed by atoms with E-state index < -0.39 is 0 Å². The highest BCUT2D eigenvalue weighted by Crippen LogP contribution is 2.23. The summed E-state index contributed by atoms with van der Waals surface area (Å²) >= 11 is 6.46. The normalized spacial score (nSPS) is 17.5. The van der Waals surface area contributed by atoms with Crippen LogP contribution in [0, 0.1) is 28.6 Å². The van der Waals surface area contributed by atoms with Crippen LogP contribution in [-0.4, -0.2) is 9.65 Å². The average molecular weight is 280 g/mol. The third kappa shape index (κ3) is 3.22. The molecule has 2 nitrogen and oxygen atoms in total. The summed E-state index contributed by atoms with van der Waals surface area (Å²) in [6.07, 6.45) is 0.760. The number of hydrogen-bond donors (Lipinski definition) is 0. The van der Waals surface area contributed by atoms with Crippen LogP contribution in [0.4, 0.5) is 0 Å². The van der Waals surface area contributed by atoms with Gasteiger partial charge in [0.2, 0.25) is 0 Å². The van der Waals surface area contributed by atoms with Crippen molar-refractivity contribution < 1.29 is 0 Å². The largest absolute Gasteiger partial charge is 0.198 e. The minimum absolute atomic E-state index is 0.0810. The van der Waals surface area contributed by atoms with Crippen LogP contribution in [0.2, 0.25) is 0 Å². The molecule has 3 unspecified atom stereocenters. The molecule has 0 bridgehead atoms. The van der Waals surface area contributed by atoms with Gasteiger partial charge in [-0.1, -0.05) is 38.8 Å². The lowest BCUT2D eigenvalue weighted by molar-refractivity contribution is 0.627. The molecular weight excluding hydrogens is 272 g/mol. The summed E-state index contributed by atoms with van der Waals surface area (Å²) in [5.41, 5.74) is 0. The maximum atomic E-state index is 8.63. The topological polar surface area (TPSA) is 47.6 Å². The van der Waals surface area contributed by atoms with E-state index in [2.05, 4.69) is 37.9 Å². The van der Waals surface area contributed by atoms with Gasteiger partial charge < -0.3 is 0 Å². The van der Waals surface area contributed by atoms with Crippen LogP contribution < -0.4 is 0 Å². The molecule has 0 radical (unpaired) electrons. The number of nitrogens with zero attached hydrogens (tertiary/aromatic N) is 2. The van der Waals surface area contributed by atoms with Crippen LogP contribution in [0.15, 0.2) is 0 Å². The summed E-state index contributed by atoms with van der Waals surface area (Å²) in [5.74, 6) is -0.0981. The second-order valence-corrected chi connectivity index (χ2v) is 4.16. The van der Waals surface area contributed by atoms with Crippen molar-refractivity contribution >= 4 is 31.9 Å². The van der Waals surface area contributed by atoms with Crippen molar-refractivity contribution in [3.63, 3.8) is 0 Å². The molecule has 11 heavy (non-hydrogen) atoms. The Labute approximate surface area is 83.4 Å². The Bertz CT molecular complexity index is 192. The highest BCUT2D eigenvalue weighted by Gasteiger charge is 2.23. The van der Waals surface area contributed by atoms with E-state index in [4.69, 9.17) is 10.5 Å². The second-order valence-electron chi connectivity index (χ2n) is 2.12. The van der Waals surface area contributed by atoms with Gasteiger partial charge >= 0.3 is 0 Å². The molecule has 0 N–H and O–H groups in total. The van der Waals surface area contributed by atoms with Gasteiger partial charge in [0.25, 0.3) is 0 Å². The standard InChI is InChI=1S/C7H8Br2N2/c1-2-5(3-10)7(9)6(8)4-11/h5-7H,2H2,1H3. The molecule has 60 valence electrons. The van der Waals surface area contributed by atoms with E-state index in [9.17, 15) is 0 Å². The van der Waals surface area contributed by atoms with Crippen LogP contribution in [0.25, 0.3) is 0 Å². The molecule has 0 aliphatic heterocycles. The smallest absolute Gasteiger partial charge is 0.115 e. The monoisotopic (exact) mass is 278 g/mol. The number of halogens is 2. The van der Waals surface area contributed by atoms with Crippen molar-refractivity contribution in [3.8, 4) is 12.1 Å². The minimum Gasteiger partial charge on any atom is -0.198 e. The van der Waals surface area contributed by atoms with Gasteiger partial charge in [0, 0.05) is 0 Å². The molecule has 0 aliphatic rings. The molecule has 0 aromatic rings. The Kier molecular flexibility index (Phi) is 5.54. The Balaban J connectivity index is 4.13. The zero-order valence-electron chi connectivity index (χ0n) is 6.09. The van der Waals surface area contributed by atoms with Crippen molar-refractivity contribution in [2.75, 3.05) is 0 Å². The van der Waals surface area contributed by atoms with Gasteiger partial charge in [0.15, 0.2) is 0 Å². The van der Waals surface area contributed by atoms with Crippen molar-refractivity contribution in [2.45, 2.75) is 23.0 Å². The fourth-order valence-corrected chi connectivity index (χ4v) is 1.64. The molecule has 0 heterocycles. The summed E-state index contributed by atoms with van der Waals surface area (Å²) < 4.78 is 0.